The molecule has 0 spiro atoms. The number of hydrogen-bond donors (Lipinski definition) is 1. The van der Waals surface area contributed by atoms with Crippen molar-refractivity contribution < 1.29 is 14.8 Å². The first-order valence-electron chi connectivity index (χ1n) is 4.85. The smallest absolute Gasteiger partial charge is 0.328 e. The van der Waals surface area contributed by atoms with E-state index in [1.165, 1.54) is 29.9 Å². The van der Waals surface area contributed by atoms with Crippen molar-refractivity contribution in [1.29, 1.82) is 0 Å². The Kier molecular flexibility index (Phi) is 2.51. The molecular formula is C10H9N3O4. The molecule has 0 saturated heterocycles. The van der Waals surface area contributed by atoms with Gasteiger partial charge in [0.2, 0.25) is 0 Å². The topological polar surface area (TPSA) is 98.3 Å². The number of nitrogens with zero attached hydrogens (tertiary/aromatic N) is 3. The summed E-state index contributed by atoms with van der Waals surface area (Å²) in [7, 11) is 0. The van der Waals surface area contributed by atoms with Crippen LogP contribution in [0.3, 0.4) is 0 Å². The molecule has 0 amide bonds. The van der Waals surface area contributed by atoms with E-state index in [2.05, 4.69) is 5.10 Å². The molecule has 1 N–H and O–H groups in total. The fourth-order valence-electron chi connectivity index (χ4n) is 1.55. The summed E-state index contributed by atoms with van der Waals surface area (Å²) in [5, 5.41) is 24.1. The predicted octanol–water partition coefficient (Wildman–Crippen LogP) is 1.59. The molecule has 17 heavy (non-hydrogen) atoms. The van der Waals surface area contributed by atoms with Gasteiger partial charge in [0.15, 0.2) is 0 Å². The van der Waals surface area contributed by atoms with Gasteiger partial charge in [-0.3, -0.25) is 14.8 Å². The van der Waals surface area contributed by atoms with Crippen LogP contribution >= 0.6 is 0 Å². The Bertz CT molecular complexity index is 605. The molecule has 1 aromatic carbocycles. The standard InChI is InChI=1S/C10H9N3O4/c1-6(10(14)15)12-9-4-8(13(16)17)3-2-7(9)5-11-12/h2-6H,1H3,(H,14,15). The van der Waals surface area contributed by atoms with E-state index in [9.17, 15) is 14.9 Å². The summed E-state index contributed by atoms with van der Waals surface area (Å²) in [4.78, 5) is 21.0. The molecule has 1 unspecified atom stereocenters. The van der Waals surface area contributed by atoms with E-state index in [4.69, 9.17) is 5.11 Å². The van der Waals surface area contributed by atoms with Gasteiger partial charge in [0.1, 0.15) is 6.04 Å². The van der Waals surface area contributed by atoms with Crippen molar-refractivity contribution in [3.63, 3.8) is 0 Å². The molecule has 88 valence electrons. The predicted molar refractivity (Wildman–Crippen MR) is 58.7 cm³/mol. The summed E-state index contributed by atoms with van der Waals surface area (Å²) in [6.07, 6.45) is 1.48. The van der Waals surface area contributed by atoms with Crippen LogP contribution in [0.4, 0.5) is 5.69 Å². The zero-order valence-electron chi connectivity index (χ0n) is 8.90. The lowest BCUT2D eigenvalue weighted by molar-refractivity contribution is -0.384. The highest BCUT2D eigenvalue weighted by Gasteiger charge is 2.18. The van der Waals surface area contributed by atoms with Crippen LogP contribution in [0, 0.1) is 10.1 Å². The number of carboxylic acids is 1. The Labute approximate surface area is 95.4 Å². The van der Waals surface area contributed by atoms with Crippen LogP contribution in [0.5, 0.6) is 0 Å². The van der Waals surface area contributed by atoms with Crippen LogP contribution in [0.2, 0.25) is 0 Å². The molecule has 1 aromatic heterocycles. The van der Waals surface area contributed by atoms with Crippen molar-refractivity contribution in [3.05, 3.63) is 34.5 Å². The van der Waals surface area contributed by atoms with Crippen molar-refractivity contribution in [3.8, 4) is 0 Å². The summed E-state index contributed by atoms with van der Waals surface area (Å²) in [5.74, 6) is -1.04. The maximum absolute atomic E-state index is 10.9. The Morgan fingerprint density at radius 3 is 2.88 bits per heavy atom. The summed E-state index contributed by atoms with van der Waals surface area (Å²) < 4.78 is 1.25. The van der Waals surface area contributed by atoms with E-state index in [-0.39, 0.29) is 5.69 Å². The molecule has 7 nitrogen and oxygen atoms in total. The molecule has 1 heterocycles. The number of benzene rings is 1. The van der Waals surface area contributed by atoms with Crippen LogP contribution in [-0.2, 0) is 4.79 Å². The van der Waals surface area contributed by atoms with E-state index >= 15 is 0 Å². The SMILES string of the molecule is CC(C(=O)O)n1ncc2ccc([N+](=O)[O-])cc21. The first-order valence-corrected chi connectivity index (χ1v) is 4.85. The Balaban J connectivity index is 2.61. The van der Waals surface area contributed by atoms with Crippen molar-refractivity contribution in [2.45, 2.75) is 13.0 Å². The van der Waals surface area contributed by atoms with Gasteiger partial charge in [0, 0.05) is 17.5 Å². The molecule has 0 aliphatic carbocycles. The zero-order valence-corrected chi connectivity index (χ0v) is 8.90. The minimum atomic E-state index is -1.04. The largest absolute Gasteiger partial charge is 0.480 e. The molecule has 0 saturated carbocycles. The first-order chi connectivity index (χ1) is 8.00. The van der Waals surface area contributed by atoms with Crippen molar-refractivity contribution in [1.82, 2.24) is 9.78 Å². The highest BCUT2D eigenvalue weighted by molar-refractivity contribution is 5.83. The van der Waals surface area contributed by atoms with Gasteiger partial charge < -0.3 is 5.11 Å². The van der Waals surface area contributed by atoms with Gasteiger partial charge in [-0.2, -0.15) is 5.10 Å². The molecular weight excluding hydrogens is 226 g/mol. The Morgan fingerprint density at radius 2 is 2.29 bits per heavy atom. The van der Waals surface area contributed by atoms with Crippen LogP contribution < -0.4 is 0 Å². The minimum absolute atomic E-state index is 0.0863. The van der Waals surface area contributed by atoms with E-state index < -0.39 is 16.9 Å². The van der Waals surface area contributed by atoms with E-state index in [0.29, 0.717) is 10.9 Å². The third-order valence-electron chi connectivity index (χ3n) is 2.52. The van der Waals surface area contributed by atoms with Crippen molar-refractivity contribution >= 4 is 22.6 Å². The molecule has 0 bridgehead atoms. The highest BCUT2D eigenvalue weighted by Crippen LogP contribution is 2.23. The quantitative estimate of drug-likeness (QED) is 0.643. The molecule has 0 radical (unpaired) electrons. The highest BCUT2D eigenvalue weighted by atomic mass is 16.6. The molecule has 1 atom stereocenters. The molecule has 0 fully saturated rings. The van der Waals surface area contributed by atoms with Gasteiger partial charge in [-0.05, 0) is 13.0 Å². The number of aromatic nitrogens is 2. The average Bonchev–Trinajstić information content (AvgIpc) is 2.70. The van der Waals surface area contributed by atoms with Crippen LogP contribution in [0.1, 0.15) is 13.0 Å². The second kappa shape index (κ2) is 3.85. The Morgan fingerprint density at radius 1 is 1.59 bits per heavy atom. The molecule has 2 aromatic rings. The molecule has 2 rings (SSSR count). The molecule has 7 heteroatoms. The van der Waals surface area contributed by atoms with Crippen molar-refractivity contribution in [2.24, 2.45) is 0 Å². The summed E-state index contributed by atoms with van der Waals surface area (Å²) in [5.41, 5.74) is 0.353. The molecule has 0 aliphatic rings. The van der Waals surface area contributed by atoms with Gasteiger partial charge in [0.25, 0.3) is 5.69 Å². The number of nitro benzene ring substituents is 1. The first kappa shape index (κ1) is 11.1. The number of fused-ring (bicyclic) bond motifs is 1. The maximum Gasteiger partial charge on any atom is 0.328 e. The fourth-order valence-corrected chi connectivity index (χ4v) is 1.55. The van der Waals surface area contributed by atoms with Gasteiger partial charge in [-0.1, -0.05) is 0 Å². The van der Waals surface area contributed by atoms with Crippen LogP contribution in [0.25, 0.3) is 10.9 Å². The van der Waals surface area contributed by atoms with Crippen LogP contribution in [0.15, 0.2) is 24.4 Å². The normalized spacial score (nSPS) is 12.5. The number of rotatable bonds is 3. The van der Waals surface area contributed by atoms with E-state index in [1.54, 1.807) is 6.07 Å². The maximum atomic E-state index is 10.9. The number of non-ortho nitro benzene ring substituents is 1. The monoisotopic (exact) mass is 235 g/mol. The zero-order chi connectivity index (χ0) is 12.6. The lowest BCUT2D eigenvalue weighted by Gasteiger charge is -2.07. The van der Waals surface area contributed by atoms with Crippen molar-refractivity contribution in [2.75, 3.05) is 0 Å². The second-order valence-electron chi connectivity index (χ2n) is 3.60. The van der Waals surface area contributed by atoms with E-state index in [1.807, 2.05) is 0 Å². The summed E-state index contributed by atoms with van der Waals surface area (Å²) >= 11 is 0. The van der Waals surface area contributed by atoms with Gasteiger partial charge >= 0.3 is 5.97 Å². The van der Waals surface area contributed by atoms with Crippen LogP contribution in [-0.4, -0.2) is 25.8 Å². The van der Waals surface area contributed by atoms with Gasteiger partial charge in [-0.25, -0.2) is 4.79 Å². The number of aliphatic carboxylic acids is 1. The summed E-state index contributed by atoms with van der Waals surface area (Å²) in [6, 6.07) is 3.36. The number of nitro groups is 1. The van der Waals surface area contributed by atoms with E-state index in [0.717, 1.165) is 0 Å². The second-order valence-corrected chi connectivity index (χ2v) is 3.60. The number of carbonyl (C=O) groups is 1. The Hall–Kier alpha value is -2.44. The summed E-state index contributed by atoms with van der Waals surface area (Å²) in [6.45, 7) is 1.47. The fraction of sp³-hybridized carbons (Fsp3) is 0.200. The lowest BCUT2D eigenvalue weighted by Crippen LogP contribution is -2.16. The minimum Gasteiger partial charge on any atom is -0.480 e. The lowest BCUT2D eigenvalue weighted by atomic mass is 10.2. The number of hydrogen-bond acceptors (Lipinski definition) is 4. The van der Waals surface area contributed by atoms with Gasteiger partial charge in [-0.15, -0.1) is 0 Å². The molecule has 0 aliphatic heterocycles. The average molecular weight is 235 g/mol. The third-order valence-corrected chi connectivity index (χ3v) is 2.52. The number of carboxylic acid groups (broad SMARTS) is 1. The van der Waals surface area contributed by atoms with Gasteiger partial charge in [0.05, 0.1) is 16.6 Å². The third kappa shape index (κ3) is 1.82.